The molecule has 7 heteroatoms. The van der Waals surface area contributed by atoms with Crippen LogP contribution in [-0.2, 0) is 0 Å². The van der Waals surface area contributed by atoms with E-state index in [2.05, 4.69) is 4.74 Å². The highest BCUT2D eigenvalue weighted by atomic mass is 32.2. The van der Waals surface area contributed by atoms with Crippen LogP contribution < -0.4 is 4.74 Å². The monoisotopic (exact) mass is 362 g/mol. The summed E-state index contributed by atoms with van der Waals surface area (Å²) in [6.07, 6.45) is -3.51. The summed E-state index contributed by atoms with van der Waals surface area (Å²) in [6, 6.07) is 5.18. The molecule has 2 unspecified atom stereocenters. The van der Waals surface area contributed by atoms with Gasteiger partial charge in [0.05, 0.1) is 0 Å². The number of hydrogen-bond donors (Lipinski definition) is 0. The van der Waals surface area contributed by atoms with E-state index < -0.39 is 18.3 Å². The highest BCUT2D eigenvalue weighted by molar-refractivity contribution is 8.00. The molecular formula is C17H18F4O2S. The number of hydrogen-bond acceptors (Lipinski definition) is 3. The van der Waals surface area contributed by atoms with Gasteiger partial charge in [0.2, 0.25) is 0 Å². The topological polar surface area (TPSA) is 26.3 Å². The molecule has 2 aliphatic heterocycles. The van der Waals surface area contributed by atoms with Crippen molar-refractivity contribution in [2.45, 2.75) is 55.1 Å². The fraction of sp³-hybridized carbons (Fsp3) is 0.588. The number of alkyl halides is 4. The lowest BCUT2D eigenvalue weighted by molar-refractivity contribution is -0.253. The van der Waals surface area contributed by atoms with Crippen molar-refractivity contribution >= 4 is 17.5 Å². The summed E-state index contributed by atoms with van der Waals surface area (Å²) < 4.78 is 54.6. The normalized spacial score (nSPS) is 27.1. The molecule has 24 heavy (non-hydrogen) atoms. The first-order chi connectivity index (χ1) is 11.3. The molecule has 2 aliphatic rings. The average molecular weight is 362 g/mol. The summed E-state index contributed by atoms with van der Waals surface area (Å²) in [5.74, 6) is -0.665. The van der Waals surface area contributed by atoms with Crippen molar-refractivity contribution in [2.24, 2.45) is 5.92 Å². The molecule has 2 heterocycles. The quantitative estimate of drug-likeness (QED) is 0.534. The number of Topliss-reactive ketones (excluding diaryl/α,β-unsaturated/α-hetero) is 1. The zero-order valence-electron chi connectivity index (χ0n) is 12.9. The maximum atomic E-state index is 13.0. The molecule has 0 spiro atoms. The van der Waals surface area contributed by atoms with E-state index in [0.717, 1.165) is 37.8 Å². The molecule has 132 valence electrons. The van der Waals surface area contributed by atoms with Gasteiger partial charge >= 0.3 is 12.5 Å². The Bertz CT molecular complexity index is 596. The Morgan fingerprint density at radius 2 is 1.88 bits per heavy atom. The lowest BCUT2D eigenvalue weighted by atomic mass is 9.84. The number of halogens is 4. The van der Waals surface area contributed by atoms with Gasteiger partial charge in [0.25, 0.3) is 0 Å². The second-order valence-corrected chi connectivity index (χ2v) is 7.94. The molecule has 0 N–H and O–H groups in total. The summed E-state index contributed by atoms with van der Waals surface area (Å²) in [6.45, 7) is 0. The third-order valence-electron chi connectivity index (χ3n) is 4.53. The van der Waals surface area contributed by atoms with Crippen molar-refractivity contribution < 1.29 is 27.1 Å². The molecule has 2 saturated heterocycles. The van der Waals surface area contributed by atoms with Crippen LogP contribution in [0.4, 0.5) is 17.6 Å². The number of ketones is 1. The summed E-state index contributed by atoms with van der Waals surface area (Å²) >= 11 is 1.94. The highest BCUT2D eigenvalue weighted by Crippen LogP contribution is 2.44. The van der Waals surface area contributed by atoms with Crippen LogP contribution in [0.2, 0.25) is 0 Å². The zero-order chi connectivity index (χ0) is 17.3. The van der Waals surface area contributed by atoms with Crippen LogP contribution in [0.3, 0.4) is 0 Å². The molecule has 2 fully saturated rings. The molecule has 3 rings (SSSR count). The minimum absolute atomic E-state index is 0.113. The Balaban J connectivity index is 1.72. The Kier molecular flexibility index (Phi) is 5.08. The number of fused-ring (bicyclic) bond motifs is 2. The molecule has 1 aromatic rings. The van der Waals surface area contributed by atoms with E-state index >= 15 is 0 Å². The standard InChI is InChI=1S/C17H18F4O2S/c18-16(19)17(20,21)23-12-4-1-3-10(7-12)15(22)11-8-13-5-2-6-14(9-11)24-13/h1,3-4,7,11,13-14,16H,2,5-6,8-9H2. The first kappa shape index (κ1) is 17.6. The van der Waals surface area contributed by atoms with Gasteiger partial charge in [-0.1, -0.05) is 18.6 Å². The van der Waals surface area contributed by atoms with Crippen molar-refractivity contribution in [1.82, 2.24) is 0 Å². The van der Waals surface area contributed by atoms with Crippen molar-refractivity contribution in [2.75, 3.05) is 0 Å². The number of carbonyl (C=O) groups excluding carboxylic acids is 1. The Labute approximate surface area is 141 Å². The summed E-state index contributed by atoms with van der Waals surface area (Å²) in [5, 5.41) is 0.961. The van der Waals surface area contributed by atoms with Gasteiger partial charge in [-0.3, -0.25) is 4.79 Å². The Morgan fingerprint density at radius 3 is 2.50 bits per heavy atom. The number of benzene rings is 1. The first-order valence-electron chi connectivity index (χ1n) is 8.00. The summed E-state index contributed by atoms with van der Waals surface area (Å²) in [5.41, 5.74) is 0.243. The third kappa shape index (κ3) is 3.87. The van der Waals surface area contributed by atoms with E-state index in [4.69, 9.17) is 0 Å². The minimum Gasteiger partial charge on any atom is -0.428 e. The van der Waals surface area contributed by atoms with Gasteiger partial charge in [-0.2, -0.15) is 29.3 Å². The third-order valence-corrected chi connectivity index (χ3v) is 6.16. The molecule has 0 radical (unpaired) electrons. The van der Waals surface area contributed by atoms with Crippen LogP contribution in [0, 0.1) is 5.92 Å². The van der Waals surface area contributed by atoms with Crippen molar-refractivity contribution in [3.63, 3.8) is 0 Å². The number of thioether (sulfide) groups is 1. The predicted octanol–water partition coefficient (Wildman–Crippen LogP) is 5.17. The molecule has 2 bridgehead atoms. The fourth-order valence-corrected chi connectivity index (χ4v) is 5.26. The van der Waals surface area contributed by atoms with Crippen LogP contribution >= 0.6 is 11.8 Å². The molecule has 2 atom stereocenters. The Morgan fingerprint density at radius 1 is 1.21 bits per heavy atom. The minimum atomic E-state index is -4.57. The van der Waals surface area contributed by atoms with Crippen LogP contribution in [0.25, 0.3) is 0 Å². The smallest absolute Gasteiger partial charge is 0.428 e. The van der Waals surface area contributed by atoms with Crippen molar-refractivity contribution in [3.05, 3.63) is 29.8 Å². The lowest BCUT2D eigenvalue weighted by Crippen LogP contribution is -2.34. The van der Waals surface area contributed by atoms with Gasteiger partial charge in [0.15, 0.2) is 5.78 Å². The van der Waals surface area contributed by atoms with Gasteiger partial charge < -0.3 is 4.74 Å². The second-order valence-electron chi connectivity index (χ2n) is 6.34. The maximum Gasteiger partial charge on any atom is 0.461 e. The molecular weight excluding hydrogens is 344 g/mol. The van der Waals surface area contributed by atoms with E-state index in [1.54, 1.807) is 0 Å². The molecule has 0 amide bonds. The van der Waals surface area contributed by atoms with Gasteiger partial charge in [-0.25, -0.2) is 0 Å². The summed E-state index contributed by atoms with van der Waals surface area (Å²) in [7, 11) is 0. The molecule has 0 aliphatic carbocycles. The molecule has 1 aromatic carbocycles. The van der Waals surface area contributed by atoms with E-state index in [1.165, 1.54) is 18.6 Å². The number of carbonyl (C=O) groups is 1. The largest absolute Gasteiger partial charge is 0.461 e. The number of ether oxygens (including phenoxy) is 1. The molecule has 2 nitrogen and oxygen atoms in total. The van der Waals surface area contributed by atoms with E-state index in [1.807, 2.05) is 11.8 Å². The van der Waals surface area contributed by atoms with Crippen LogP contribution in [0.15, 0.2) is 24.3 Å². The molecule has 0 saturated carbocycles. The fourth-order valence-electron chi connectivity index (χ4n) is 3.42. The first-order valence-corrected chi connectivity index (χ1v) is 8.94. The lowest BCUT2D eigenvalue weighted by Gasteiger charge is -2.38. The predicted molar refractivity (Wildman–Crippen MR) is 84.1 cm³/mol. The van der Waals surface area contributed by atoms with Gasteiger partial charge in [0.1, 0.15) is 5.75 Å². The van der Waals surface area contributed by atoms with Crippen LogP contribution in [0.1, 0.15) is 42.5 Å². The van der Waals surface area contributed by atoms with Gasteiger partial charge in [-0.15, -0.1) is 0 Å². The SMILES string of the molecule is O=C(c1cccc(OC(F)(F)C(F)F)c1)C1CC2CCCC(C1)S2. The highest BCUT2D eigenvalue weighted by Gasteiger charge is 2.44. The van der Waals surface area contributed by atoms with Crippen LogP contribution in [0.5, 0.6) is 5.75 Å². The van der Waals surface area contributed by atoms with Crippen molar-refractivity contribution in [3.8, 4) is 5.75 Å². The molecule has 0 aromatic heterocycles. The van der Waals surface area contributed by atoms with E-state index in [0.29, 0.717) is 10.5 Å². The van der Waals surface area contributed by atoms with E-state index in [9.17, 15) is 22.4 Å². The zero-order valence-corrected chi connectivity index (χ0v) is 13.7. The van der Waals surface area contributed by atoms with Crippen molar-refractivity contribution in [1.29, 1.82) is 0 Å². The average Bonchev–Trinajstić information content (AvgIpc) is 2.53. The van der Waals surface area contributed by atoms with E-state index in [-0.39, 0.29) is 17.3 Å². The van der Waals surface area contributed by atoms with Crippen LogP contribution in [-0.4, -0.2) is 28.8 Å². The van der Waals surface area contributed by atoms with Gasteiger partial charge in [-0.05, 0) is 37.8 Å². The summed E-state index contributed by atoms with van der Waals surface area (Å²) in [4.78, 5) is 12.7. The number of rotatable bonds is 5. The maximum absolute atomic E-state index is 13.0. The van der Waals surface area contributed by atoms with Gasteiger partial charge in [0, 0.05) is 22.0 Å². The second kappa shape index (κ2) is 6.94. The Hall–Kier alpha value is -1.24.